The number of allylic oxidation sites excluding steroid dienone is 3. The van der Waals surface area contributed by atoms with Crippen molar-refractivity contribution in [1.82, 2.24) is 0 Å². The van der Waals surface area contributed by atoms with Crippen LogP contribution < -0.4 is 10.7 Å². The molecule has 2 rings (SSSR count). The molecular formula is C14H13NO. The van der Waals surface area contributed by atoms with Crippen molar-refractivity contribution in [3.05, 3.63) is 64.0 Å². The molecule has 80 valence electrons. The van der Waals surface area contributed by atoms with Gasteiger partial charge in [-0.25, -0.2) is 0 Å². The lowest BCUT2D eigenvalue weighted by atomic mass is 10.1. The first-order valence-electron chi connectivity index (χ1n) is 5.33. The summed E-state index contributed by atoms with van der Waals surface area (Å²) in [5.74, 6) is 0. The third-order valence-corrected chi connectivity index (χ3v) is 2.39. The van der Waals surface area contributed by atoms with E-state index in [9.17, 15) is 4.79 Å². The van der Waals surface area contributed by atoms with E-state index in [0.29, 0.717) is 5.69 Å². The third kappa shape index (κ3) is 2.13. The van der Waals surface area contributed by atoms with E-state index in [2.05, 4.69) is 11.0 Å². The molecule has 2 nitrogen and oxygen atoms in total. The Balaban J connectivity index is 2.45. The number of anilines is 1. The molecule has 0 amide bonds. The van der Waals surface area contributed by atoms with Gasteiger partial charge in [-0.15, -0.1) is 5.73 Å². The molecule has 0 aromatic heterocycles. The fraction of sp³-hybridized carbons (Fsp3) is 0.143. The summed E-state index contributed by atoms with van der Waals surface area (Å²) in [5.41, 5.74) is 5.79. The molecule has 1 N–H and O–H groups in total. The van der Waals surface area contributed by atoms with E-state index in [1.54, 1.807) is 6.07 Å². The fourth-order valence-electron chi connectivity index (χ4n) is 1.59. The minimum atomic E-state index is 0.0136. The van der Waals surface area contributed by atoms with E-state index in [0.717, 1.165) is 17.7 Å². The minimum Gasteiger partial charge on any atom is -0.382 e. The van der Waals surface area contributed by atoms with Crippen LogP contribution in [0.2, 0.25) is 0 Å². The van der Waals surface area contributed by atoms with Gasteiger partial charge in [-0.2, -0.15) is 0 Å². The number of hydrogen-bond acceptors (Lipinski definition) is 2. The molecule has 0 spiro atoms. The molecule has 16 heavy (non-hydrogen) atoms. The number of rotatable bonds is 3. The monoisotopic (exact) mass is 211 g/mol. The van der Waals surface area contributed by atoms with Crippen LogP contribution >= 0.6 is 0 Å². The molecule has 0 atom stereocenters. The standard InChI is InChI=1S/C14H13NO/c1-2-15-13-9-7-12(8-10-14(13)16)11-5-3-4-6-11/h3-5,7-10H,2H2,1H3,(H,15,16). The highest BCUT2D eigenvalue weighted by Gasteiger charge is 2.00. The molecule has 0 heterocycles. The van der Waals surface area contributed by atoms with E-state index < -0.39 is 0 Å². The maximum atomic E-state index is 11.7. The quantitative estimate of drug-likeness (QED) is 0.778. The van der Waals surface area contributed by atoms with Crippen LogP contribution in [0.15, 0.2) is 53.0 Å². The SMILES string of the molecule is CCNc1ccc(C2=C=CC=C2)ccc1=O. The van der Waals surface area contributed by atoms with Crippen molar-refractivity contribution in [2.75, 3.05) is 11.9 Å². The van der Waals surface area contributed by atoms with Crippen LogP contribution in [0.4, 0.5) is 5.69 Å². The summed E-state index contributed by atoms with van der Waals surface area (Å²) in [5, 5.41) is 3.05. The Morgan fingerprint density at radius 1 is 1.25 bits per heavy atom. The van der Waals surface area contributed by atoms with Crippen molar-refractivity contribution in [3.8, 4) is 0 Å². The van der Waals surface area contributed by atoms with Crippen LogP contribution in [-0.4, -0.2) is 6.54 Å². The molecule has 1 aliphatic rings. The van der Waals surface area contributed by atoms with Gasteiger partial charge in [0.2, 0.25) is 5.43 Å². The summed E-state index contributed by atoms with van der Waals surface area (Å²) in [4.78, 5) is 11.7. The summed E-state index contributed by atoms with van der Waals surface area (Å²) in [6, 6.07) is 7.18. The van der Waals surface area contributed by atoms with Crippen molar-refractivity contribution in [3.63, 3.8) is 0 Å². The van der Waals surface area contributed by atoms with Crippen LogP contribution in [-0.2, 0) is 0 Å². The zero-order valence-electron chi connectivity index (χ0n) is 9.16. The fourth-order valence-corrected chi connectivity index (χ4v) is 1.59. The molecule has 1 aromatic carbocycles. The Kier molecular flexibility index (Phi) is 3.04. The van der Waals surface area contributed by atoms with Crippen LogP contribution in [0.5, 0.6) is 0 Å². The number of nitrogens with one attached hydrogen (secondary N) is 1. The molecule has 2 heteroatoms. The Morgan fingerprint density at radius 2 is 2.06 bits per heavy atom. The molecular weight excluding hydrogens is 198 g/mol. The first-order chi connectivity index (χ1) is 7.81. The molecule has 1 aromatic rings. The van der Waals surface area contributed by atoms with Gasteiger partial charge >= 0.3 is 0 Å². The normalized spacial score (nSPS) is 12.7. The number of hydrogen-bond donors (Lipinski definition) is 1. The van der Waals surface area contributed by atoms with Gasteiger partial charge in [0, 0.05) is 12.1 Å². The van der Waals surface area contributed by atoms with Crippen LogP contribution in [0.3, 0.4) is 0 Å². The van der Waals surface area contributed by atoms with Gasteiger partial charge in [0.15, 0.2) is 0 Å². The summed E-state index contributed by atoms with van der Waals surface area (Å²) in [6.45, 7) is 2.72. The average Bonchev–Trinajstić information content (AvgIpc) is 2.75. The second-order valence-corrected chi connectivity index (χ2v) is 3.51. The highest BCUT2D eigenvalue weighted by molar-refractivity contribution is 5.76. The maximum absolute atomic E-state index is 11.7. The highest BCUT2D eigenvalue weighted by Crippen LogP contribution is 2.16. The topological polar surface area (TPSA) is 29.1 Å². The minimum absolute atomic E-state index is 0.0136. The molecule has 0 fully saturated rings. The van der Waals surface area contributed by atoms with Crippen molar-refractivity contribution in [2.45, 2.75) is 6.92 Å². The largest absolute Gasteiger partial charge is 0.382 e. The molecule has 0 radical (unpaired) electrons. The molecule has 0 aliphatic heterocycles. The van der Waals surface area contributed by atoms with E-state index in [-0.39, 0.29) is 5.43 Å². The Morgan fingerprint density at radius 3 is 2.75 bits per heavy atom. The lowest BCUT2D eigenvalue weighted by Crippen LogP contribution is -2.06. The maximum Gasteiger partial charge on any atom is 0.201 e. The predicted molar refractivity (Wildman–Crippen MR) is 67.5 cm³/mol. The highest BCUT2D eigenvalue weighted by atomic mass is 16.1. The van der Waals surface area contributed by atoms with Crippen LogP contribution in [0.1, 0.15) is 12.5 Å². The van der Waals surface area contributed by atoms with Gasteiger partial charge in [-0.1, -0.05) is 12.1 Å². The summed E-state index contributed by atoms with van der Waals surface area (Å²) in [6.07, 6.45) is 5.78. The molecule has 0 saturated heterocycles. The van der Waals surface area contributed by atoms with Crippen molar-refractivity contribution in [2.24, 2.45) is 0 Å². The first kappa shape index (κ1) is 10.5. The second-order valence-electron chi connectivity index (χ2n) is 3.51. The summed E-state index contributed by atoms with van der Waals surface area (Å²) < 4.78 is 0. The Hall–Kier alpha value is -2.05. The van der Waals surface area contributed by atoms with E-state index in [4.69, 9.17) is 0 Å². The van der Waals surface area contributed by atoms with Gasteiger partial charge in [-0.3, -0.25) is 4.79 Å². The van der Waals surface area contributed by atoms with Gasteiger partial charge < -0.3 is 5.32 Å². The van der Waals surface area contributed by atoms with Gasteiger partial charge in [0.25, 0.3) is 0 Å². The van der Waals surface area contributed by atoms with Crippen molar-refractivity contribution >= 4 is 11.3 Å². The zero-order chi connectivity index (χ0) is 11.4. The van der Waals surface area contributed by atoms with Crippen LogP contribution in [0, 0.1) is 0 Å². The van der Waals surface area contributed by atoms with E-state index in [1.165, 1.54) is 0 Å². The summed E-state index contributed by atoms with van der Waals surface area (Å²) in [7, 11) is 0. The lowest BCUT2D eigenvalue weighted by Gasteiger charge is -1.96. The Bertz CT molecular complexity index is 549. The second kappa shape index (κ2) is 4.65. The van der Waals surface area contributed by atoms with Crippen molar-refractivity contribution < 1.29 is 0 Å². The predicted octanol–water partition coefficient (Wildman–Crippen LogP) is 2.59. The first-order valence-corrected chi connectivity index (χ1v) is 5.33. The van der Waals surface area contributed by atoms with E-state index in [1.807, 2.05) is 43.4 Å². The van der Waals surface area contributed by atoms with Gasteiger partial charge in [-0.05, 0) is 42.8 Å². The van der Waals surface area contributed by atoms with E-state index >= 15 is 0 Å². The molecule has 0 saturated carbocycles. The zero-order valence-corrected chi connectivity index (χ0v) is 9.16. The average molecular weight is 211 g/mol. The lowest BCUT2D eigenvalue weighted by molar-refractivity contribution is 1.21. The van der Waals surface area contributed by atoms with Crippen molar-refractivity contribution in [1.29, 1.82) is 0 Å². The smallest absolute Gasteiger partial charge is 0.201 e. The molecule has 0 bridgehead atoms. The molecule has 0 unspecified atom stereocenters. The van der Waals surface area contributed by atoms with Crippen LogP contribution in [0.25, 0.3) is 5.57 Å². The molecule has 1 aliphatic carbocycles. The van der Waals surface area contributed by atoms with Gasteiger partial charge in [0.05, 0.1) is 5.69 Å². The summed E-state index contributed by atoms with van der Waals surface area (Å²) >= 11 is 0. The van der Waals surface area contributed by atoms with Gasteiger partial charge in [0.1, 0.15) is 0 Å². The third-order valence-electron chi connectivity index (χ3n) is 2.39. The Labute approximate surface area is 94.6 Å².